The molecule has 1 aliphatic carbocycles. The van der Waals surface area contributed by atoms with E-state index in [4.69, 9.17) is 0 Å². The smallest absolute Gasteiger partial charge is 1.00 e. The molecule has 5 rings (SSSR count). The average molecular weight is 620 g/mol. The molecule has 0 saturated heterocycles. The van der Waals surface area contributed by atoms with Crippen LogP contribution in [0.1, 0.15) is 74.9 Å². The molecule has 4 aromatic rings. The summed E-state index contributed by atoms with van der Waals surface area (Å²) >= 11 is 0. The molecular formula is C35H37Cl2Zr. The molecule has 4 aromatic carbocycles. The fourth-order valence-electron chi connectivity index (χ4n) is 5.33. The molecule has 3 heteroatoms. The minimum absolute atomic E-state index is 0. The van der Waals surface area contributed by atoms with Gasteiger partial charge in [0.1, 0.15) is 0 Å². The third-order valence-corrected chi connectivity index (χ3v) is 7.38. The molecule has 1 radical (unpaired) electrons. The van der Waals surface area contributed by atoms with Crippen LogP contribution in [0.5, 0.6) is 0 Å². The van der Waals surface area contributed by atoms with Gasteiger partial charge in [-0.15, -0.1) is 28.8 Å². The number of halogens is 2. The van der Waals surface area contributed by atoms with Gasteiger partial charge in [0.25, 0.3) is 0 Å². The van der Waals surface area contributed by atoms with E-state index in [1.165, 1.54) is 66.8 Å². The molecule has 0 saturated carbocycles. The van der Waals surface area contributed by atoms with E-state index in [2.05, 4.69) is 128 Å². The fourth-order valence-corrected chi connectivity index (χ4v) is 5.33. The minimum Gasteiger partial charge on any atom is -1.00 e. The first-order valence-corrected chi connectivity index (χ1v) is 12.8. The number of benzene rings is 4. The molecule has 0 atom stereocenters. The van der Waals surface area contributed by atoms with E-state index in [0.29, 0.717) is 0 Å². The van der Waals surface area contributed by atoms with Crippen molar-refractivity contribution in [1.82, 2.24) is 0 Å². The molecule has 0 amide bonds. The quantitative estimate of drug-likeness (QED) is 0.265. The molecule has 0 aromatic heterocycles. The van der Waals surface area contributed by atoms with Gasteiger partial charge in [0.2, 0.25) is 0 Å². The Morgan fingerprint density at radius 3 is 1.55 bits per heavy atom. The largest absolute Gasteiger partial charge is 3.00 e. The predicted molar refractivity (Wildman–Crippen MR) is 151 cm³/mol. The van der Waals surface area contributed by atoms with Gasteiger partial charge in [-0.05, 0) is 53.4 Å². The molecule has 0 heterocycles. The zero-order valence-corrected chi connectivity index (χ0v) is 27.8. The van der Waals surface area contributed by atoms with E-state index in [0.717, 1.165) is 6.42 Å². The second-order valence-corrected chi connectivity index (χ2v) is 12.4. The van der Waals surface area contributed by atoms with Crippen LogP contribution in [0, 0.1) is 19.9 Å². The Kier molecular flexibility index (Phi) is 10.1. The van der Waals surface area contributed by atoms with Crippen molar-refractivity contribution >= 4 is 0 Å². The van der Waals surface area contributed by atoms with Crippen LogP contribution in [0.4, 0.5) is 0 Å². The summed E-state index contributed by atoms with van der Waals surface area (Å²) in [6, 6.07) is 29.2. The molecule has 195 valence electrons. The van der Waals surface area contributed by atoms with E-state index in [-0.39, 0.29) is 61.8 Å². The number of hydrogen-bond acceptors (Lipinski definition) is 0. The van der Waals surface area contributed by atoms with Crippen LogP contribution in [0.2, 0.25) is 0 Å². The van der Waals surface area contributed by atoms with E-state index in [1.807, 2.05) is 0 Å². The van der Waals surface area contributed by atoms with Crippen molar-refractivity contribution in [3.63, 3.8) is 0 Å². The van der Waals surface area contributed by atoms with Crippen molar-refractivity contribution in [2.24, 2.45) is 0 Å². The van der Waals surface area contributed by atoms with Crippen LogP contribution < -0.4 is 24.8 Å². The van der Waals surface area contributed by atoms with Crippen molar-refractivity contribution in [2.75, 3.05) is 0 Å². The third-order valence-electron chi connectivity index (χ3n) is 7.38. The molecule has 0 nitrogen and oxygen atoms in total. The van der Waals surface area contributed by atoms with Gasteiger partial charge in [0.15, 0.2) is 0 Å². The normalized spacial score (nSPS) is 12.0. The van der Waals surface area contributed by atoms with Gasteiger partial charge >= 0.3 is 26.2 Å². The molecule has 0 fully saturated rings. The van der Waals surface area contributed by atoms with Gasteiger partial charge in [-0.2, -0.15) is 0 Å². The van der Waals surface area contributed by atoms with Crippen molar-refractivity contribution in [1.29, 1.82) is 0 Å². The maximum absolute atomic E-state index is 3.91. The summed E-state index contributed by atoms with van der Waals surface area (Å²) in [6.45, 7) is 18.2. The number of aryl methyl sites for hydroxylation is 2. The summed E-state index contributed by atoms with van der Waals surface area (Å²) in [5, 5.41) is 0. The average Bonchev–Trinajstić information content (AvgIpc) is 3.14. The second-order valence-electron chi connectivity index (χ2n) is 12.4. The molecule has 0 spiro atoms. The van der Waals surface area contributed by atoms with Crippen molar-refractivity contribution < 1.29 is 51.0 Å². The van der Waals surface area contributed by atoms with Gasteiger partial charge in [0, 0.05) is 0 Å². The number of hydrogen-bond donors (Lipinski definition) is 0. The van der Waals surface area contributed by atoms with Crippen LogP contribution in [0.25, 0.3) is 33.4 Å². The number of rotatable bonds is 2. The van der Waals surface area contributed by atoms with Crippen LogP contribution in [0.15, 0.2) is 66.7 Å². The Morgan fingerprint density at radius 2 is 1.05 bits per heavy atom. The first kappa shape index (κ1) is 32.6. The first-order chi connectivity index (χ1) is 16.4. The molecule has 0 bridgehead atoms. The van der Waals surface area contributed by atoms with E-state index in [9.17, 15) is 0 Å². The van der Waals surface area contributed by atoms with Crippen LogP contribution >= 0.6 is 0 Å². The molecule has 0 aliphatic heterocycles. The summed E-state index contributed by atoms with van der Waals surface area (Å²) in [6.07, 6.45) is 0.942. The van der Waals surface area contributed by atoms with E-state index in [1.54, 1.807) is 0 Å². The van der Waals surface area contributed by atoms with Crippen LogP contribution in [-0.2, 0) is 43.5 Å². The summed E-state index contributed by atoms with van der Waals surface area (Å²) in [5.41, 5.74) is 16.1. The Labute approximate surface area is 261 Å². The molecule has 1 aliphatic rings. The molecule has 38 heavy (non-hydrogen) atoms. The Bertz CT molecular complexity index is 1310. The monoisotopic (exact) mass is 617 g/mol. The Morgan fingerprint density at radius 1 is 0.579 bits per heavy atom. The van der Waals surface area contributed by atoms with Gasteiger partial charge < -0.3 is 24.8 Å². The molecule has 0 unspecified atom stereocenters. The second kappa shape index (κ2) is 11.8. The topological polar surface area (TPSA) is 0 Å². The predicted octanol–water partition coefficient (Wildman–Crippen LogP) is 3.61. The van der Waals surface area contributed by atoms with Gasteiger partial charge in [-0.25, -0.2) is 0 Å². The van der Waals surface area contributed by atoms with E-state index < -0.39 is 0 Å². The standard InChI is InChI=1S/C35H37.2ClH.Zr/c1-22-9-13-24(14-10-22)30-18-26-17-27-19-31(25-15-11-23(2)12-16-25)33(35(6,7)8)21-29(27)28(26)20-32(30)34(3,4)5;;;/h9-16,18,20-21H,17H2,1-8H3;2*1H;/q-1;;;+3/p-2. The molecule has 0 N–H and O–H groups in total. The third kappa shape index (κ3) is 6.22. The minimum atomic E-state index is 0. The maximum Gasteiger partial charge on any atom is 3.00 e. The summed E-state index contributed by atoms with van der Waals surface area (Å²) in [7, 11) is 0. The fraction of sp³-hybridized carbons (Fsp3) is 0.314. The van der Waals surface area contributed by atoms with Crippen LogP contribution in [-0.4, -0.2) is 0 Å². The maximum atomic E-state index is 3.91. The summed E-state index contributed by atoms with van der Waals surface area (Å²) < 4.78 is 0. The number of fused-ring (bicyclic) bond motifs is 3. The zero-order valence-electron chi connectivity index (χ0n) is 23.8. The van der Waals surface area contributed by atoms with Gasteiger partial charge in [-0.1, -0.05) is 130 Å². The Hall–Kier alpha value is -1.66. The zero-order chi connectivity index (χ0) is 25.1. The van der Waals surface area contributed by atoms with Crippen molar-refractivity contribution in [3.8, 4) is 33.4 Å². The first-order valence-electron chi connectivity index (χ1n) is 12.8. The van der Waals surface area contributed by atoms with Crippen LogP contribution in [0.3, 0.4) is 0 Å². The SMILES string of the molecule is Cc1ccc(-c2[c-]c3c(cc2C(C)(C)C)-c2cc(C(C)(C)C)c(-c4ccc(C)cc4)cc2C3)cc1.[Cl-].[Cl-].[Zr+3]. The Balaban J connectivity index is 0.00000169. The van der Waals surface area contributed by atoms with E-state index >= 15 is 0 Å². The van der Waals surface area contributed by atoms with Crippen molar-refractivity contribution in [3.05, 3.63) is 106 Å². The van der Waals surface area contributed by atoms with Gasteiger partial charge in [0.05, 0.1) is 0 Å². The van der Waals surface area contributed by atoms with Gasteiger partial charge in [-0.3, -0.25) is 0 Å². The summed E-state index contributed by atoms with van der Waals surface area (Å²) in [5.74, 6) is 0. The van der Waals surface area contributed by atoms with Crippen molar-refractivity contribution in [2.45, 2.75) is 72.6 Å². The molecular weight excluding hydrogens is 583 g/mol. The summed E-state index contributed by atoms with van der Waals surface area (Å²) in [4.78, 5) is 0.